The smallest absolute Gasteiger partial charge is 0 e. The molecule has 0 unspecified atom stereocenters. The number of benzene rings is 1. The molecular formula is C10H17UVW-3. The Balaban J connectivity index is -0.0000000204. The Morgan fingerprint density at radius 1 is 0.846 bits per heavy atom. The zero-order chi connectivity index (χ0) is 5.11. The molecule has 1 radical (unpaired) electrons. The molecule has 0 bridgehead atoms. The van der Waals surface area contributed by atoms with Crippen molar-refractivity contribution in [3.63, 3.8) is 0 Å². The molecule has 0 aliphatic rings. The first-order valence-electron chi connectivity index (χ1n) is 2.41. The number of hydrogen-bond donors (Lipinski definition) is 0. The number of hydrogen-bond acceptors (Lipinski definition) is 0. The average Bonchev–Trinajstić information content (AvgIpc) is 1.69. The molecule has 3 heteroatoms. The second-order valence-electron chi connectivity index (χ2n) is 1.65. The number of rotatable bonds is 0. The van der Waals surface area contributed by atoms with E-state index in [0.717, 1.165) is 0 Å². The summed E-state index contributed by atoms with van der Waals surface area (Å²) in [6.45, 7) is 2.08. The molecule has 0 heterocycles. The van der Waals surface area contributed by atoms with E-state index < -0.39 is 0 Å². The van der Waals surface area contributed by atoms with Crippen LogP contribution in [0, 0.1) is 60.3 Å². The minimum atomic E-state index is 0. The van der Waals surface area contributed by atoms with Gasteiger partial charge >= 0.3 is 0 Å². The second kappa shape index (κ2) is 23.4. The van der Waals surface area contributed by atoms with Crippen molar-refractivity contribution in [1.82, 2.24) is 0 Å². The molecule has 0 saturated heterocycles. The van der Waals surface area contributed by atoms with E-state index in [1.165, 1.54) is 5.56 Å². The third-order valence-corrected chi connectivity index (χ3v) is 0.940. The topological polar surface area (TPSA) is 0 Å². The SMILES string of the molecule is Cc1ccccc1.[CH3-].[CH3-].[CH3-].[U].[V].[W]. The van der Waals surface area contributed by atoms with E-state index in [0.29, 0.717) is 0 Å². The predicted molar refractivity (Wildman–Crippen MR) is 50.4 cm³/mol. The zero-order valence-corrected chi connectivity index (χ0v) is 17.2. The Kier molecular flexibility index (Phi) is 65.8. The van der Waals surface area contributed by atoms with Crippen LogP contribution in [0.3, 0.4) is 0 Å². The van der Waals surface area contributed by atoms with E-state index in [-0.39, 0.29) is 93.0 Å². The van der Waals surface area contributed by atoms with Crippen LogP contribution in [0.15, 0.2) is 30.3 Å². The van der Waals surface area contributed by atoms with Crippen molar-refractivity contribution in [2.24, 2.45) is 0 Å². The first-order valence-corrected chi connectivity index (χ1v) is 2.41. The van der Waals surface area contributed by atoms with E-state index in [1.54, 1.807) is 0 Å². The summed E-state index contributed by atoms with van der Waals surface area (Å²) in [5, 5.41) is 0. The van der Waals surface area contributed by atoms with Gasteiger partial charge in [0.05, 0.1) is 0 Å². The van der Waals surface area contributed by atoms with Gasteiger partial charge in [-0.1, -0.05) is 35.9 Å². The molecule has 0 aliphatic carbocycles. The second-order valence-corrected chi connectivity index (χ2v) is 1.65. The van der Waals surface area contributed by atoms with Crippen molar-refractivity contribution in [2.75, 3.05) is 0 Å². The van der Waals surface area contributed by atoms with Crippen LogP contribution in [0.25, 0.3) is 0 Å². The first-order chi connectivity index (χ1) is 3.39. The third-order valence-electron chi connectivity index (χ3n) is 0.940. The van der Waals surface area contributed by atoms with E-state index >= 15 is 0 Å². The average molecular weight is 610 g/mol. The van der Waals surface area contributed by atoms with Crippen molar-refractivity contribution in [3.05, 3.63) is 58.2 Å². The summed E-state index contributed by atoms with van der Waals surface area (Å²) >= 11 is 0. The summed E-state index contributed by atoms with van der Waals surface area (Å²) in [5.74, 6) is 0. The van der Waals surface area contributed by atoms with Gasteiger partial charge in [-0.05, 0) is 6.92 Å². The molecule has 0 saturated carbocycles. The monoisotopic (exact) mass is 610 g/mol. The van der Waals surface area contributed by atoms with Crippen molar-refractivity contribution in [2.45, 2.75) is 6.92 Å². The summed E-state index contributed by atoms with van der Waals surface area (Å²) in [6.07, 6.45) is 0. The van der Waals surface area contributed by atoms with E-state index in [2.05, 4.69) is 19.1 Å². The van der Waals surface area contributed by atoms with E-state index in [4.69, 9.17) is 0 Å². The molecule has 0 atom stereocenters. The summed E-state index contributed by atoms with van der Waals surface area (Å²) < 4.78 is 0. The van der Waals surface area contributed by atoms with Crippen LogP contribution < -0.4 is 0 Å². The Bertz CT molecular complexity index is 145. The summed E-state index contributed by atoms with van der Waals surface area (Å²) in [5.41, 5.74) is 1.32. The van der Waals surface area contributed by atoms with Gasteiger partial charge < -0.3 is 22.3 Å². The fourth-order valence-corrected chi connectivity index (χ4v) is 0.534. The van der Waals surface area contributed by atoms with Gasteiger partial charge in [-0.15, -0.1) is 0 Å². The van der Waals surface area contributed by atoms with E-state index in [1.807, 2.05) is 18.2 Å². The molecule has 0 amide bonds. The van der Waals surface area contributed by atoms with Crippen LogP contribution in [-0.4, -0.2) is 0 Å². The summed E-state index contributed by atoms with van der Waals surface area (Å²) in [6, 6.07) is 10.3. The van der Waals surface area contributed by atoms with Gasteiger partial charge in [-0.3, -0.25) is 0 Å². The third kappa shape index (κ3) is 19.8. The molecule has 0 fully saturated rings. The van der Waals surface area contributed by atoms with Gasteiger partial charge in [0.25, 0.3) is 0 Å². The van der Waals surface area contributed by atoms with Crippen molar-refractivity contribution >= 4 is 0 Å². The van der Waals surface area contributed by atoms with Crippen LogP contribution in [0.1, 0.15) is 5.56 Å². The standard InChI is InChI=1S/C7H8.3CH3.U.V.W/c1-7-5-3-2-4-6-7;;;;;;/h2-6H,1H3;3*1H3;;;/q;3*-1;;;. The molecule has 75 valence electrons. The minimum Gasteiger partial charge on any atom is -0.358 e. The van der Waals surface area contributed by atoms with Crippen LogP contribution in [0.4, 0.5) is 0 Å². The molecular weight excluding hydrogens is 593 g/mol. The molecule has 0 aromatic heterocycles. The molecule has 1 rings (SSSR count). The van der Waals surface area contributed by atoms with Gasteiger partial charge in [-0.2, -0.15) is 0 Å². The van der Waals surface area contributed by atoms with Gasteiger partial charge in [0.2, 0.25) is 0 Å². The normalized spacial score (nSPS) is 4.69. The largest absolute Gasteiger partial charge is 0.358 e. The minimum absolute atomic E-state index is 0. The van der Waals surface area contributed by atoms with Crippen LogP contribution in [-0.2, 0) is 39.6 Å². The summed E-state index contributed by atoms with van der Waals surface area (Å²) in [4.78, 5) is 0. The fourth-order valence-electron chi connectivity index (χ4n) is 0.534. The maximum Gasteiger partial charge on any atom is 0 e. The Morgan fingerprint density at radius 3 is 1.31 bits per heavy atom. The molecule has 1 aromatic rings. The Morgan fingerprint density at radius 2 is 1.15 bits per heavy atom. The quantitative estimate of drug-likeness (QED) is 0.396. The number of aryl methyl sites for hydroxylation is 1. The van der Waals surface area contributed by atoms with Gasteiger partial charge in [0.15, 0.2) is 0 Å². The first kappa shape index (κ1) is 36.5. The fraction of sp³-hybridized carbons (Fsp3) is 0.100. The Labute approximate surface area is 134 Å². The molecule has 0 nitrogen and oxygen atoms in total. The van der Waals surface area contributed by atoms with Crippen LogP contribution in [0.2, 0.25) is 0 Å². The van der Waals surface area contributed by atoms with Crippen molar-refractivity contribution < 1.29 is 70.7 Å². The maximum absolute atomic E-state index is 2.08. The van der Waals surface area contributed by atoms with E-state index in [9.17, 15) is 0 Å². The maximum atomic E-state index is 2.08. The van der Waals surface area contributed by atoms with Gasteiger partial charge in [0.1, 0.15) is 0 Å². The molecule has 0 N–H and O–H groups in total. The van der Waals surface area contributed by atoms with Gasteiger partial charge in [-0.25, -0.2) is 0 Å². The van der Waals surface area contributed by atoms with Crippen LogP contribution in [0.5, 0.6) is 0 Å². The summed E-state index contributed by atoms with van der Waals surface area (Å²) in [7, 11) is 0. The molecule has 13 heavy (non-hydrogen) atoms. The van der Waals surface area contributed by atoms with Crippen molar-refractivity contribution in [3.8, 4) is 0 Å². The molecule has 0 aliphatic heterocycles. The Hall–Kier alpha value is 1.54. The van der Waals surface area contributed by atoms with Crippen molar-refractivity contribution in [1.29, 1.82) is 0 Å². The predicted octanol–water partition coefficient (Wildman–Crippen LogP) is 3.34. The van der Waals surface area contributed by atoms with Crippen LogP contribution >= 0.6 is 0 Å². The molecule has 1 aromatic carbocycles. The molecule has 0 spiro atoms. The van der Waals surface area contributed by atoms with Gasteiger partial charge in [0, 0.05) is 70.7 Å². The zero-order valence-electron chi connectivity index (χ0n) is 8.74.